The summed E-state index contributed by atoms with van der Waals surface area (Å²) in [5.41, 5.74) is 0.420. The number of nitrogens with zero attached hydrogens (tertiary/aromatic N) is 2. The van der Waals surface area contributed by atoms with E-state index in [2.05, 4.69) is 5.32 Å². The average molecular weight is 570 g/mol. The van der Waals surface area contributed by atoms with Crippen molar-refractivity contribution < 1.29 is 27.1 Å². The molecule has 0 aromatic heterocycles. The second-order valence-electron chi connectivity index (χ2n) is 9.39. The van der Waals surface area contributed by atoms with Gasteiger partial charge in [-0.05, 0) is 61.7 Å². The van der Waals surface area contributed by atoms with Gasteiger partial charge in [0.2, 0.25) is 11.8 Å². The monoisotopic (exact) mass is 569 g/mol. The third-order valence-electron chi connectivity index (χ3n) is 6.61. The van der Waals surface area contributed by atoms with Crippen molar-refractivity contribution in [3.8, 4) is 5.75 Å². The fourth-order valence-corrected chi connectivity index (χ4v) is 5.66. The van der Waals surface area contributed by atoms with Crippen LogP contribution in [0.5, 0.6) is 5.75 Å². The van der Waals surface area contributed by atoms with Crippen LogP contribution >= 0.6 is 0 Å². The van der Waals surface area contributed by atoms with E-state index >= 15 is 0 Å². The second-order valence-corrected chi connectivity index (χ2v) is 11.3. The van der Waals surface area contributed by atoms with Gasteiger partial charge in [0.05, 0.1) is 17.7 Å². The quantitative estimate of drug-likeness (QED) is 0.321. The first-order chi connectivity index (χ1) is 19.1. The molecule has 3 aromatic rings. The summed E-state index contributed by atoms with van der Waals surface area (Å²) < 4.78 is 48.5. The molecule has 10 heteroatoms. The molecule has 2 amide bonds. The SMILES string of the molecule is CCC(C)NC(=O)C(CC)N(Cc1cccc(OC)c1)C(=O)CN(c1ccccc1F)S(=O)(=O)c1ccccc1. The zero-order valence-corrected chi connectivity index (χ0v) is 24.0. The number of benzene rings is 3. The van der Waals surface area contributed by atoms with Gasteiger partial charge in [-0.2, -0.15) is 0 Å². The van der Waals surface area contributed by atoms with Gasteiger partial charge in [-0.25, -0.2) is 12.8 Å². The fraction of sp³-hybridized carbons (Fsp3) is 0.333. The molecule has 3 aromatic carbocycles. The maximum atomic E-state index is 15.0. The minimum atomic E-state index is -4.34. The highest BCUT2D eigenvalue weighted by atomic mass is 32.2. The van der Waals surface area contributed by atoms with Crippen LogP contribution in [-0.4, -0.2) is 50.9 Å². The van der Waals surface area contributed by atoms with E-state index < -0.39 is 34.3 Å². The van der Waals surface area contributed by atoms with Crippen LogP contribution in [0.25, 0.3) is 0 Å². The molecule has 0 saturated carbocycles. The van der Waals surface area contributed by atoms with Crippen LogP contribution in [0.1, 0.15) is 39.2 Å². The number of para-hydroxylation sites is 1. The first kappa shape index (κ1) is 30.6. The molecule has 214 valence electrons. The predicted octanol–water partition coefficient (Wildman–Crippen LogP) is 4.75. The van der Waals surface area contributed by atoms with Crippen molar-refractivity contribution in [1.29, 1.82) is 0 Å². The molecule has 1 N–H and O–H groups in total. The van der Waals surface area contributed by atoms with Crippen molar-refractivity contribution in [1.82, 2.24) is 10.2 Å². The first-order valence-electron chi connectivity index (χ1n) is 13.2. The van der Waals surface area contributed by atoms with Crippen molar-refractivity contribution in [2.75, 3.05) is 18.0 Å². The smallest absolute Gasteiger partial charge is 0.264 e. The molecule has 0 radical (unpaired) electrons. The lowest BCUT2D eigenvalue weighted by Crippen LogP contribution is -2.53. The van der Waals surface area contributed by atoms with Gasteiger partial charge >= 0.3 is 0 Å². The molecule has 0 fully saturated rings. The Kier molecular flexibility index (Phi) is 10.7. The van der Waals surface area contributed by atoms with E-state index in [9.17, 15) is 22.4 Å². The number of sulfonamides is 1. The van der Waals surface area contributed by atoms with Gasteiger partial charge in [0.25, 0.3) is 10.0 Å². The van der Waals surface area contributed by atoms with Crippen LogP contribution in [-0.2, 0) is 26.2 Å². The molecule has 0 aliphatic rings. The first-order valence-corrected chi connectivity index (χ1v) is 14.6. The number of anilines is 1. The number of carbonyl (C=O) groups excluding carboxylic acids is 2. The van der Waals surface area contributed by atoms with Crippen molar-refractivity contribution in [2.24, 2.45) is 0 Å². The summed E-state index contributed by atoms with van der Waals surface area (Å²) in [6.07, 6.45) is 0.978. The van der Waals surface area contributed by atoms with Gasteiger partial charge in [0.15, 0.2) is 0 Å². The van der Waals surface area contributed by atoms with Crippen LogP contribution in [0, 0.1) is 5.82 Å². The van der Waals surface area contributed by atoms with E-state index in [1.165, 1.54) is 42.3 Å². The molecule has 0 aliphatic heterocycles. The highest BCUT2D eigenvalue weighted by molar-refractivity contribution is 7.92. The topological polar surface area (TPSA) is 96.0 Å². The lowest BCUT2D eigenvalue weighted by molar-refractivity contribution is -0.140. The number of hydrogen-bond donors (Lipinski definition) is 1. The largest absolute Gasteiger partial charge is 0.497 e. The molecule has 40 heavy (non-hydrogen) atoms. The van der Waals surface area contributed by atoms with Gasteiger partial charge in [0, 0.05) is 12.6 Å². The van der Waals surface area contributed by atoms with Crippen LogP contribution in [0.2, 0.25) is 0 Å². The third kappa shape index (κ3) is 7.38. The number of nitrogens with one attached hydrogen (secondary N) is 1. The number of amides is 2. The zero-order chi connectivity index (χ0) is 29.3. The van der Waals surface area contributed by atoms with Crippen molar-refractivity contribution in [3.05, 3.63) is 90.2 Å². The number of hydrogen-bond acceptors (Lipinski definition) is 5. The number of ether oxygens (including phenoxy) is 1. The highest BCUT2D eigenvalue weighted by Crippen LogP contribution is 2.27. The lowest BCUT2D eigenvalue weighted by atomic mass is 10.1. The standard InChI is InChI=1S/C30H36FN3O5S/c1-5-22(3)32-30(36)27(6-2)33(20-23-13-12-14-24(19-23)39-4)29(35)21-34(28-18-11-10-17-26(28)31)40(37,38)25-15-8-7-9-16-25/h7-19,22,27H,5-6,20-21H2,1-4H3,(H,32,36). The number of rotatable bonds is 13. The van der Waals surface area contributed by atoms with Gasteiger partial charge in [-0.3, -0.25) is 13.9 Å². The average Bonchev–Trinajstić information content (AvgIpc) is 2.96. The van der Waals surface area contributed by atoms with Crippen LogP contribution < -0.4 is 14.4 Å². The summed E-state index contributed by atoms with van der Waals surface area (Å²) in [4.78, 5) is 28.6. The molecule has 0 spiro atoms. The van der Waals surface area contributed by atoms with Gasteiger partial charge in [-0.15, -0.1) is 0 Å². The van der Waals surface area contributed by atoms with Crippen molar-refractivity contribution >= 4 is 27.5 Å². The number of methoxy groups -OCH3 is 1. The molecule has 8 nitrogen and oxygen atoms in total. The van der Waals surface area contributed by atoms with E-state index in [0.29, 0.717) is 17.7 Å². The Labute approximate surface area is 235 Å². The maximum Gasteiger partial charge on any atom is 0.264 e. The molecular formula is C30H36FN3O5S. The van der Waals surface area contributed by atoms with Crippen LogP contribution in [0.3, 0.4) is 0 Å². The molecule has 0 heterocycles. The van der Waals surface area contributed by atoms with Gasteiger partial charge in [-0.1, -0.05) is 56.3 Å². The minimum Gasteiger partial charge on any atom is -0.497 e. The normalized spacial score (nSPS) is 12.7. The zero-order valence-electron chi connectivity index (χ0n) is 23.2. The summed E-state index contributed by atoms with van der Waals surface area (Å²) in [5, 5.41) is 2.93. The Bertz CT molecular complexity index is 1400. The van der Waals surface area contributed by atoms with Crippen molar-refractivity contribution in [2.45, 2.75) is 57.1 Å². The van der Waals surface area contributed by atoms with E-state index in [1.54, 1.807) is 49.4 Å². The van der Waals surface area contributed by atoms with Crippen molar-refractivity contribution in [3.63, 3.8) is 0 Å². The summed E-state index contributed by atoms with van der Waals surface area (Å²) in [6.45, 7) is 4.88. The van der Waals surface area contributed by atoms with Gasteiger partial charge in [0.1, 0.15) is 24.2 Å². The maximum absolute atomic E-state index is 15.0. The summed E-state index contributed by atoms with van der Waals surface area (Å²) >= 11 is 0. The third-order valence-corrected chi connectivity index (χ3v) is 8.38. The van der Waals surface area contributed by atoms with E-state index in [-0.39, 0.29) is 35.5 Å². The molecule has 2 unspecified atom stereocenters. The van der Waals surface area contributed by atoms with E-state index in [0.717, 1.165) is 10.4 Å². The Morgan fingerprint density at radius 2 is 1.62 bits per heavy atom. The molecule has 3 rings (SSSR count). The fourth-order valence-electron chi connectivity index (χ4n) is 4.22. The number of carbonyl (C=O) groups is 2. The van der Waals surface area contributed by atoms with Gasteiger partial charge < -0.3 is 15.0 Å². The minimum absolute atomic E-state index is 0.0129. The number of halogens is 1. The van der Waals surface area contributed by atoms with E-state index in [4.69, 9.17) is 4.74 Å². The summed E-state index contributed by atoms with van der Waals surface area (Å²) in [5.74, 6) is -1.23. The molecule has 0 saturated heterocycles. The Morgan fingerprint density at radius 1 is 0.950 bits per heavy atom. The summed E-state index contributed by atoms with van der Waals surface area (Å²) in [7, 11) is -2.81. The highest BCUT2D eigenvalue weighted by Gasteiger charge is 2.34. The Morgan fingerprint density at radius 3 is 2.25 bits per heavy atom. The molecule has 0 bridgehead atoms. The summed E-state index contributed by atoms with van der Waals surface area (Å²) in [6, 6.07) is 19.0. The molecule has 2 atom stereocenters. The molecular weight excluding hydrogens is 533 g/mol. The Balaban J connectivity index is 2.07. The molecule has 0 aliphatic carbocycles. The van der Waals surface area contributed by atoms with Crippen LogP contribution in [0.4, 0.5) is 10.1 Å². The van der Waals surface area contributed by atoms with E-state index in [1.807, 2.05) is 13.8 Å². The Hall–Kier alpha value is -3.92. The predicted molar refractivity (Wildman–Crippen MR) is 153 cm³/mol. The lowest BCUT2D eigenvalue weighted by Gasteiger charge is -2.33. The second kappa shape index (κ2) is 13.9. The van der Waals surface area contributed by atoms with Crippen LogP contribution in [0.15, 0.2) is 83.8 Å².